The van der Waals surface area contributed by atoms with Crippen molar-refractivity contribution in [2.45, 2.75) is 26.4 Å². The van der Waals surface area contributed by atoms with Crippen molar-refractivity contribution in [3.8, 4) is 11.5 Å². The Labute approximate surface area is 132 Å². The number of rotatable bonds is 0. The van der Waals surface area contributed by atoms with Crippen molar-refractivity contribution in [1.82, 2.24) is 0 Å². The molecule has 0 bridgehead atoms. The minimum Gasteiger partial charge on any atom is -0.507 e. The average molecular weight is 308 g/mol. The number of ether oxygens (including phenoxy) is 1. The van der Waals surface area contributed by atoms with Gasteiger partial charge >= 0.3 is 0 Å². The van der Waals surface area contributed by atoms with Gasteiger partial charge in [-0.3, -0.25) is 4.79 Å². The maximum atomic E-state index is 12.7. The summed E-state index contributed by atoms with van der Waals surface area (Å²) in [7, 11) is 0. The van der Waals surface area contributed by atoms with E-state index in [1.807, 2.05) is 45.1 Å². The largest absolute Gasteiger partial charge is 0.507 e. The van der Waals surface area contributed by atoms with Gasteiger partial charge in [0.25, 0.3) is 0 Å². The fraction of sp³-hybridized carbons (Fsp3) is 0.211. The fourth-order valence-electron chi connectivity index (χ4n) is 2.95. The highest BCUT2D eigenvalue weighted by Crippen LogP contribution is 2.40. The van der Waals surface area contributed by atoms with Crippen LogP contribution in [-0.4, -0.2) is 10.7 Å². The maximum Gasteiger partial charge on any atom is 0.204 e. The molecule has 0 saturated heterocycles. The molecule has 0 saturated carbocycles. The third kappa shape index (κ3) is 2.02. The molecule has 116 valence electrons. The predicted octanol–water partition coefficient (Wildman–Crippen LogP) is 4.14. The topological polar surface area (TPSA) is 59.7 Å². The second kappa shape index (κ2) is 4.38. The van der Waals surface area contributed by atoms with Crippen molar-refractivity contribution in [3.05, 3.63) is 51.7 Å². The maximum absolute atomic E-state index is 12.7. The van der Waals surface area contributed by atoms with Crippen LogP contribution in [0.25, 0.3) is 28.0 Å². The lowest BCUT2D eigenvalue weighted by Gasteiger charge is -2.28. The molecule has 3 aromatic rings. The zero-order chi connectivity index (χ0) is 16.4. The van der Waals surface area contributed by atoms with Gasteiger partial charge in [-0.25, -0.2) is 0 Å². The molecule has 0 aliphatic carbocycles. The van der Waals surface area contributed by atoms with Gasteiger partial charge in [-0.15, -0.1) is 0 Å². The molecule has 23 heavy (non-hydrogen) atoms. The minimum atomic E-state index is -0.471. The van der Waals surface area contributed by atoms with E-state index in [1.54, 1.807) is 6.07 Å². The smallest absolute Gasteiger partial charge is 0.204 e. The third-order valence-electron chi connectivity index (χ3n) is 4.11. The van der Waals surface area contributed by atoms with E-state index in [0.29, 0.717) is 27.9 Å². The summed E-state index contributed by atoms with van der Waals surface area (Å²) < 4.78 is 11.8. The van der Waals surface area contributed by atoms with E-state index in [-0.39, 0.29) is 16.6 Å². The van der Waals surface area contributed by atoms with E-state index in [4.69, 9.17) is 9.15 Å². The number of benzene rings is 2. The van der Waals surface area contributed by atoms with E-state index >= 15 is 0 Å². The highest BCUT2D eigenvalue weighted by Gasteiger charge is 2.26. The predicted molar refractivity (Wildman–Crippen MR) is 90.1 cm³/mol. The Morgan fingerprint density at radius 2 is 1.96 bits per heavy atom. The average Bonchev–Trinajstić information content (AvgIpc) is 2.45. The summed E-state index contributed by atoms with van der Waals surface area (Å²) in [5, 5.41) is 11.0. The van der Waals surface area contributed by atoms with Crippen LogP contribution in [0.15, 0.2) is 39.6 Å². The molecule has 1 aliphatic heterocycles. The summed E-state index contributed by atoms with van der Waals surface area (Å²) in [4.78, 5) is 12.7. The van der Waals surface area contributed by atoms with Crippen LogP contribution in [0.2, 0.25) is 0 Å². The molecule has 4 nitrogen and oxygen atoms in total. The molecule has 0 unspecified atom stereocenters. The van der Waals surface area contributed by atoms with Crippen LogP contribution in [0, 0.1) is 6.92 Å². The van der Waals surface area contributed by atoms with Gasteiger partial charge in [-0.1, -0.05) is 6.07 Å². The van der Waals surface area contributed by atoms with Gasteiger partial charge in [0.2, 0.25) is 5.43 Å². The van der Waals surface area contributed by atoms with E-state index in [0.717, 1.165) is 5.56 Å². The second-order valence-electron chi connectivity index (χ2n) is 6.48. The molecule has 1 aromatic heterocycles. The summed E-state index contributed by atoms with van der Waals surface area (Å²) in [6.45, 7) is 5.79. The highest BCUT2D eigenvalue weighted by atomic mass is 16.5. The second-order valence-corrected chi connectivity index (χ2v) is 6.48. The first kappa shape index (κ1) is 13.9. The Morgan fingerprint density at radius 3 is 2.74 bits per heavy atom. The number of fused-ring (bicyclic) bond motifs is 4. The van der Waals surface area contributed by atoms with Gasteiger partial charge in [-0.05, 0) is 50.6 Å². The zero-order valence-corrected chi connectivity index (χ0v) is 13.1. The number of phenolic OH excluding ortho intramolecular Hbond substituents is 1. The molecular weight excluding hydrogens is 292 g/mol. The van der Waals surface area contributed by atoms with Crippen LogP contribution in [-0.2, 0) is 0 Å². The first-order valence-electron chi connectivity index (χ1n) is 7.47. The minimum absolute atomic E-state index is 0.124. The first-order valence-corrected chi connectivity index (χ1v) is 7.47. The summed E-state index contributed by atoms with van der Waals surface area (Å²) in [5.74, 6) is 0.388. The summed E-state index contributed by atoms with van der Waals surface area (Å²) in [6.07, 6.45) is 3.79. The van der Waals surface area contributed by atoms with Crippen molar-refractivity contribution in [3.63, 3.8) is 0 Å². The molecule has 1 N–H and O–H groups in total. The Kier molecular flexibility index (Phi) is 2.64. The van der Waals surface area contributed by atoms with Crippen LogP contribution < -0.4 is 10.2 Å². The molecule has 0 fully saturated rings. The van der Waals surface area contributed by atoms with Gasteiger partial charge in [0, 0.05) is 6.07 Å². The van der Waals surface area contributed by atoms with Crippen molar-refractivity contribution in [2.24, 2.45) is 0 Å². The van der Waals surface area contributed by atoms with E-state index in [1.165, 1.54) is 6.07 Å². The number of aryl methyl sites for hydroxylation is 1. The Balaban J connectivity index is 2.18. The monoisotopic (exact) mass is 308 g/mol. The Morgan fingerprint density at radius 1 is 1.17 bits per heavy atom. The van der Waals surface area contributed by atoms with Gasteiger partial charge in [0.1, 0.15) is 28.1 Å². The molecule has 2 heterocycles. The van der Waals surface area contributed by atoms with Gasteiger partial charge in [0.15, 0.2) is 5.58 Å². The fourth-order valence-corrected chi connectivity index (χ4v) is 2.95. The van der Waals surface area contributed by atoms with Crippen LogP contribution in [0.4, 0.5) is 0 Å². The van der Waals surface area contributed by atoms with Gasteiger partial charge in [0.05, 0.1) is 10.9 Å². The lowest BCUT2D eigenvalue weighted by atomic mass is 9.99. The summed E-state index contributed by atoms with van der Waals surface area (Å²) in [5.41, 5.74) is 1.84. The Hall–Kier alpha value is -2.75. The first-order chi connectivity index (χ1) is 10.9. The lowest BCUT2D eigenvalue weighted by Crippen LogP contribution is -2.27. The number of phenols is 1. The molecule has 4 rings (SSSR count). The summed E-state index contributed by atoms with van der Waals surface area (Å²) >= 11 is 0. The molecule has 4 heteroatoms. The van der Waals surface area contributed by atoms with E-state index in [2.05, 4.69) is 0 Å². The molecule has 0 atom stereocenters. The molecule has 0 spiro atoms. The SMILES string of the molecule is Cc1ccc2c(=O)c3c(O)cc4c(c3oc2c1)C=CC(C)(C)O4. The van der Waals surface area contributed by atoms with Gasteiger partial charge < -0.3 is 14.3 Å². The number of aromatic hydroxyl groups is 1. The summed E-state index contributed by atoms with van der Waals surface area (Å²) in [6, 6.07) is 6.89. The van der Waals surface area contributed by atoms with Crippen molar-refractivity contribution in [2.75, 3.05) is 0 Å². The van der Waals surface area contributed by atoms with Crippen LogP contribution in [0.5, 0.6) is 11.5 Å². The van der Waals surface area contributed by atoms with E-state index < -0.39 is 5.60 Å². The molecule has 1 aliphatic rings. The van der Waals surface area contributed by atoms with Crippen LogP contribution in [0.1, 0.15) is 25.0 Å². The van der Waals surface area contributed by atoms with Gasteiger partial charge in [-0.2, -0.15) is 0 Å². The van der Waals surface area contributed by atoms with Crippen molar-refractivity contribution in [1.29, 1.82) is 0 Å². The Bertz CT molecular complexity index is 1050. The molecular formula is C19H16O4. The molecule has 0 radical (unpaired) electrons. The van der Waals surface area contributed by atoms with Crippen molar-refractivity contribution >= 4 is 28.0 Å². The normalized spacial score (nSPS) is 15.6. The third-order valence-corrected chi connectivity index (χ3v) is 4.11. The number of hydrogen-bond donors (Lipinski definition) is 1. The van der Waals surface area contributed by atoms with Crippen LogP contribution >= 0.6 is 0 Å². The standard InChI is InChI=1S/C19H16O4/c1-10-4-5-11-14(8-10)22-18-12-6-7-19(2,3)23-15(12)9-13(20)16(18)17(11)21/h4-9,20H,1-3H3. The van der Waals surface area contributed by atoms with Crippen molar-refractivity contribution < 1.29 is 14.3 Å². The number of hydrogen-bond acceptors (Lipinski definition) is 4. The highest BCUT2D eigenvalue weighted by molar-refractivity contribution is 5.99. The molecule has 0 amide bonds. The quantitative estimate of drug-likeness (QED) is 0.634. The van der Waals surface area contributed by atoms with Crippen LogP contribution in [0.3, 0.4) is 0 Å². The lowest BCUT2D eigenvalue weighted by molar-refractivity contribution is 0.158. The zero-order valence-electron chi connectivity index (χ0n) is 13.1. The molecule has 2 aromatic carbocycles. The van der Waals surface area contributed by atoms with E-state index in [9.17, 15) is 9.90 Å².